The number of aromatic amines is 1. The lowest BCUT2D eigenvalue weighted by Gasteiger charge is -2.16. The van der Waals surface area contributed by atoms with Crippen LogP contribution in [0.15, 0.2) is 53.6 Å². The summed E-state index contributed by atoms with van der Waals surface area (Å²) in [6.07, 6.45) is 5.65. The van der Waals surface area contributed by atoms with Crippen LogP contribution >= 0.6 is 0 Å². The lowest BCUT2D eigenvalue weighted by Crippen LogP contribution is -2.41. The Kier molecular flexibility index (Phi) is 4.26. The molecule has 0 radical (unpaired) electrons. The average Bonchev–Trinajstić information content (AvgIpc) is 3.10. The molecule has 6 nitrogen and oxygen atoms in total. The Morgan fingerprint density at radius 3 is 2.62 bits per heavy atom. The minimum Gasteiger partial charge on any atom is -0.360 e. The van der Waals surface area contributed by atoms with E-state index in [1.807, 2.05) is 24.3 Å². The lowest BCUT2D eigenvalue weighted by atomic mass is 9.92. The number of fused-ring (bicyclic) bond motifs is 2. The lowest BCUT2D eigenvalue weighted by molar-refractivity contribution is 0.0947. The summed E-state index contributed by atoms with van der Waals surface area (Å²) in [4.78, 5) is 17.7. The van der Waals surface area contributed by atoms with E-state index in [1.165, 1.54) is 5.56 Å². The van der Waals surface area contributed by atoms with Crippen molar-refractivity contribution < 1.29 is 13.2 Å². The van der Waals surface area contributed by atoms with Crippen LogP contribution in [-0.4, -0.2) is 19.3 Å². The predicted octanol–water partition coefficient (Wildman–Crippen LogP) is 2.67. The normalized spacial score (nSPS) is 14.2. The first-order valence-corrected chi connectivity index (χ1v) is 10.0. The van der Waals surface area contributed by atoms with E-state index in [2.05, 4.69) is 15.2 Å². The summed E-state index contributed by atoms with van der Waals surface area (Å²) in [6, 6.07) is 12.5. The number of benzene rings is 2. The van der Waals surface area contributed by atoms with Crippen LogP contribution in [0, 0.1) is 0 Å². The second-order valence-corrected chi connectivity index (χ2v) is 8.13. The molecule has 0 fully saturated rings. The van der Waals surface area contributed by atoms with Crippen molar-refractivity contribution in [2.75, 3.05) is 0 Å². The van der Waals surface area contributed by atoms with Gasteiger partial charge in [-0.25, -0.2) is 8.42 Å². The molecule has 1 aliphatic carbocycles. The number of amides is 1. The molecule has 26 heavy (non-hydrogen) atoms. The highest BCUT2D eigenvalue weighted by Gasteiger charge is 2.19. The Hall–Kier alpha value is -2.64. The van der Waals surface area contributed by atoms with Gasteiger partial charge in [-0.3, -0.25) is 10.2 Å². The first-order chi connectivity index (χ1) is 12.5. The molecule has 1 amide bonds. The number of sulfonamides is 1. The van der Waals surface area contributed by atoms with Crippen LogP contribution in [0.4, 0.5) is 0 Å². The van der Waals surface area contributed by atoms with E-state index in [9.17, 15) is 13.2 Å². The van der Waals surface area contributed by atoms with Crippen LogP contribution in [0.2, 0.25) is 0 Å². The van der Waals surface area contributed by atoms with E-state index in [-0.39, 0.29) is 4.90 Å². The highest BCUT2D eigenvalue weighted by Crippen LogP contribution is 2.24. The summed E-state index contributed by atoms with van der Waals surface area (Å²) in [6.45, 7) is 0. The first-order valence-electron chi connectivity index (χ1n) is 8.55. The summed E-state index contributed by atoms with van der Waals surface area (Å²) < 4.78 is 25.0. The van der Waals surface area contributed by atoms with Crippen molar-refractivity contribution in [2.45, 2.75) is 30.6 Å². The van der Waals surface area contributed by atoms with E-state index < -0.39 is 15.9 Å². The molecule has 1 aliphatic rings. The van der Waals surface area contributed by atoms with Gasteiger partial charge in [0.05, 0.1) is 10.5 Å². The van der Waals surface area contributed by atoms with Crippen LogP contribution < -0.4 is 10.3 Å². The standard InChI is InChI=1S/C19H19N3O3S/c23-19(17-12-20-18-8-4-3-7-16(17)18)21-22-26(24,25)15-10-9-13-5-1-2-6-14(13)11-15/h3-4,7-12,20,22H,1-2,5-6H2,(H,21,23). The number of rotatable bonds is 4. The van der Waals surface area contributed by atoms with Crippen molar-refractivity contribution in [1.82, 2.24) is 15.2 Å². The molecule has 7 heteroatoms. The molecule has 2 aromatic carbocycles. The van der Waals surface area contributed by atoms with E-state index in [1.54, 1.807) is 24.4 Å². The minimum atomic E-state index is -3.83. The monoisotopic (exact) mass is 369 g/mol. The van der Waals surface area contributed by atoms with Crippen LogP contribution in [0.1, 0.15) is 34.3 Å². The third-order valence-electron chi connectivity index (χ3n) is 4.76. The van der Waals surface area contributed by atoms with Crippen LogP contribution in [0.5, 0.6) is 0 Å². The maximum atomic E-state index is 12.5. The first kappa shape index (κ1) is 16.8. The van der Waals surface area contributed by atoms with Gasteiger partial charge in [0.25, 0.3) is 15.9 Å². The van der Waals surface area contributed by atoms with Crippen molar-refractivity contribution in [3.05, 3.63) is 65.4 Å². The van der Waals surface area contributed by atoms with Gasteiger partial charge in [0.2, 0.25) is 0 Å². The smallest absolute Gasteiger partial charge is 0.268 e. The largest absolute Gasteiger partial charge is 0.360 e. The fourth-order valence-corrected chi connectivity index (χ4v) is 4.27. The quantitative estimate of drug-likeness (QED) is 0.618. The maximum absolute atomic E-state index is 12.5. The summed E-state index contributed by atoms with van der Waals surface area (Å²) in [7, 11) is -3.83. The van der Waals surface area contributed by atoms with E-state index >= 15 is 0 Å². The number of carbonyl (C=O) groups excluding carboxylic acids is 1. The number of aryl methyl sites for hydroxylation is 2. The molecular formula is C19H19N3O3S. The molecule has 0 saturated heterocycles. The topological polar surface area (TPSA) is 91.1 Å². The van der Waals surface area contributed by atoms with Crippen molar-refractivity contribution >= 4 is 26.8 Å². The molecular weight excluding hydrogens is 350 g/mol. The molecule has 0 unspecified atom stereocenters. The molecule has 1 heterocycles. The van der Waals surface area contributed by atoms with Crippen molar-refractivity contribution in [2.24, 2.45) is 0 Å². The molecule has 3 aromatic rings. The zero-order valence-corrected chi connectivity index (χ0v) is 14.9. The molecule has 0 saturated carbocycles. The summed E-state index contributed by atoms with van der Waals surface area (Å²) in [5, 5.41) is 0.734. The zero-order valence-electron chi connectivity index (χ0n) is 14.1. The predicted molar refractivity (Wildman–Crippen MR) is 99.2 cm³/mol. The molecule has 3 N–H and O–H groups in total. The fraction of sp³-hybridized carbons (Fsp3) is 0.211. The van der Waals surface area contributed by atoms with Gasteiger partial charge >= 0.3 is 0 Å². The number of nitrogens with one attached hydrogen (secondary N) is 3. The molecule has 0 aliphatic heterocycles. The van der Waals surface area contributed by atoms with E-state index in [0.717, 1.165) is 42.1 Å². The minimum absolute atomic E-state index is 0.164. The third kappa shape index (κ3) is 3.11. The van der Waals surface area contributed by atoms with Gasteiger partial charge in [0.1, 0.15) is 0 Å². The maximum Gasteiger partial charge on any atom is 0.268 e. The molecule has 0 bridgehead atoms. The third-order valence-corrected chi connectivity index (χ3v) is 6.01. The second kappa shape index (κ2) is 6.59. The van der Waals surface area contributed by atoms with Crippen molar-refractivity contribution in [3.63, 3.8) is 0 Å². The SMILES string of the molecule is O=C(NNS(=O)(=O)c1ccc2c(c1)CCCC2)c1c[nH]c2ccccc12. The summed E-state index contributed by atoms with van der Waals surface area (Å²) in [5.41, 5.74) is 5.78. The Labute approximate surface area is 151 Å². The van der Waals surface area contributed by atoms with Crippen LogP contribution in [-0.2, 0) is 22.9 Å². The average molecular weight is 369 g/mol. The van der Waals surface area contributed by atoms with Gasteiger partial charge in [0.15, 0.2) is 0 Å². The molecule has 4 rings (SSSR count). The van der Waals surface area contributed by atoms with E-state index in [4.69, 9.17) is 0 Å². The van der Waals surface area contributed by atoms with Gasteiger partial charge in [-0.1, -0.05) is 24.3 Å². The van der Waals surface area contributed by atoms with Gasteiger partial charge in [-0.15, -0.1) is 4.83 Å². The Morgan fingerprint density at radius 2 is 1.77 bits per heavy atom. The zero-order chi connectivity index (χ0) is 18.1. The molecule has 1 aromatic heterocycles. The van der Waals surface area contributed by atoms with Crippen LogP contribution in [0.25, 0.3) is 10.9 Å². The number of hydrazine groups is 1. The summed E-state index contributed by atoms with van der Waals surface area (Å²) >= 11 is 0. The van der Waals surface area contributed by atoms with Gasteiger partial charge in [0, 0.05) is 17.1 Å². The highest BCUT2D eigenvalue weighted by atomic mass is 32.2. The molecule has 134 valence electrons. The summed E-state index contributed by atoms with van der Waals surface area (Å²) in [5.74, 6) is -0.510. The Balaban J connectivity index is 1.52. The highest BCUT2D eigenvalue weighted by molar-refractivity contribution is 7.89. The number of hydrogen-bond donors (Lipinski definition) is 3. The van der Waals surface area contributed by atoms with Crippen LogP contribution in [0.3, 0.4) is 0 Å². The number of aromatic nitrogens is 1. The molecule has 0 atom stereocenters. The number of hydrogen-bond acceptors (Lipinski definition) is 3. The number of H-pyrrole nitrogens is 1. The van der Waals surface area contributed by atoms with Crippen molar-refractivity contribution in [3.8, 4) is 0 Å². The van der Waals surface area contributed by atoms with E-state index in [0.29, 0.717) is 5.56 Å². The number of carbonyl (C=O) groups is 1. The fourth-order valence-electron chi connectivity index (χ4n) is 3.38. The van der Waals surface area contributed by atoms with Gasteiger partial charge in [-0.2, -0.15) is 0 Å². The second-order valence-electron chi connectivity index (χ2n) is 6.45. The van der Waals surface area contributed by atoms with Gasteiger partial charge in [-0.05, 0) is 55.0 Å². The molecule has 0 spiro atoms. The van der Waals surface area contributed by atoms with Crippen molar-refractivity contribution in [1.29, 1.82) is 0 Å². The number of para-hydroxylation sites is 1. The van der Waals surface area contributed by atoms with Gasteiger partial charge < -0.3 is 4.98 Å². The Morgan fingerprint density at radius 1 is 1.00 bits per heavy atom. The Bertz CT molecular complexity index is 1090.